The summed E-state index contributed by atoms with van der Waals surface area (Å²) in [6.07, 6.45) is 0. The van der Waals surface area contributed by atoms with Gasteiger partial charge in [-0.1, -0.05) is 0 Å². The Morgan fingerprint density at radius 1 is 1.38 bits per heavy atom. The fraction of sp³-hybridized carbons (Fsp3) is 0.857. The summed E-state index contributed by atoms with van der Waals surface area (Å²) in [5, 5.41) is -0.569. The number of rotatable bonds is 1. The minimum atomic E-state index is -2.91. The molecule has 0 spiro atoms. The molecule has 0 aromatic carbocycles. The molecule has 0 N–H and O–H groups in total. The maximum Gasteiger partial charge on any atom is 0.240 e. The van der Waals surface area contributed by atoms with E-state index in [2.05, 4.69) is 0 Å². The van der Waals surface area contributed by atoms with Gasteiger partial charge in [-0.2, -0.15) is 0 Å². The molecule has 0 aliphatic carbocycles. The molecule has 1 aliphatic heterocycles. The van der Waals surface area contributed by atoms with Gasteiger partial charge in [0, 0.05) is 13.1 Å². The first-order chi connectivity index (χ1) is 5.92. The number of carbonyl (C=O) groups is 1. The molecule has 0 radical (unpaired) electrons. The average Bonchev–Trinajstić information content (AvgIpc) is 2.03. The predicted octanol–water partition coefficient (Wildman–Crippen LogP) is -0.129. The molecule has 0 saturated carbocycles. The molecule has 76 valence electrons. The number of sulfone groups is 1. The van der Waals surface area contributed by atoms with E-state index in [9.17, 15) is 13.2 Å². The molecule has 6 heteroatoms. The average molecular weight is 226 g/mol. The Morgan fingerprint density at radius 3 is 2.23 bits per heavy atom. The van der Waals surface area contributed by atoms with E-state index in [0.29, 0.717) is 0 Å². The van der Waals surface area contributed by atoms with Gasteiger partial charge >= 0.3 is 0 Å². The lowest BCUT2D eigenvalue weighted by molar-refractivity contribution is -0.130. The molecule has 0 aromatic heterocycles. The number of amides is 1. The first-order valence-corrected chi connectivity index (χ1v) is 6.31. The second-order valence-electron chi connectivity index (χ2n) is 3.09. The zero-order valence-electron chi connectivity index (χ0n) is 7.36. The zero-order chi connectivity index (χ0) is 10.1. The van der Waals surface area contributed by atoms with Gasteiger partial charge < -0.3 is 4.90 Å². The van der Waals surface area contributed by atoms with Crippen LogP contribution in [0.5, 0.6) is 0 Å². The Kier molecular flexibility index (Phi) is 3.18. The van der Waals surface area contributed by atoms with Crippen LogP contribution in [0, 0.1) is 0 Å². The van der Waals surface area contributed by atoms with Crippen molar-refractivity contribution in [2.75, 3.05) is 24.6 Å². The number of halogens is 1. The summed E-state index contributed by atoms with van der Waals surface area (Å²) in [5.74, 6) is -0.0680. The van der Waals surface area contributed by atoms with Gasteiger partial charge in [0.2, 0.25) is 5.91 Å². The highest BCUT2D eigenvalue weighted by Crippen LogP contribution is 2.07. The van der Waals surface area contributed by atoms with Crippen LogP contribution in [-0.2, 0) is 14.6 Å². The van der Waals surface area contributed by atoms with Crippen molar-refractivity contribution in [1.29, 1.82) is 0 Å². The third kappa shape index (κ3) is 2.84. The molecule has 13 heavy (non-hydrogen) atoms. The third-order valence-electron chi connectivity index (χ3n) is 2.00. The fourth-order valence-electron chi connectivity index (χ4n) is 1.18. The number of alkyl halides is 1. The summed E-state index contributed by atoms with van der Waals surface area (Å²) in [7, 11) is -2.91. The SMILES string of the molecule is C[C@H](Cl)C(=O)N1CCS(=O)(=O)CC1. The standard InChI is InChI=1S/C7H12ClNO3S/c1-6(8)7(10)9-2-4-13(11,12)5-3-9/h6H,2-5H2,1H3/t6-/m0/s1. The van der Waals surface area contributed by atoms with Crippen LogP contribution in [0.25, 0.3) is 0 Å². The molecule has 0 aromatic rings. The van der Waals surface area contributed by atoms with Gasteiger partial charge in [-0.3, -0.25) is 4.79 Å². The summed E-state index contributed by atoms with van der Waals surface area (Å²) in [6.45, 7) is 2.14. The van der Waals surface area contributed by atoms with Gasteiger partial charge in [-0.15, -0.1) is 11.6 Å². The van der Waals surface area contributed by atoms with Crippen molar-refractivity contribution in [2.24, 2.45) is 0 Å². The van der Waals surface area contributed by atoms with E-state index >= 15 is 0 Å². The monoisotopic (exact) mass is 225 g/mol. The molecule has 1 heterocycles. The number of carbonyl (C=O) groups excluding carboxylic acids is 1. The molecule has 1 aliphatic rings. The van der Waals surface area contributed by atoms with Crippen molar-refractivity contribution < 1.29 is 13.2 Å². The number of hydrogen-bond donors (Lipinski definition) is 0. The zero-order valence-corrected chi connectivity index (χ0v) is 8.94. The summed E-state index contributed by atoms with van der Waals surface area (Å²) in [6, 6.07) is 0. The van der Waals surface area contributed by atoms with Crippen molar-refractivity contribution in [3.63, 3.8) is 0 Å². The largest absolute Gasteiger partial charge is 0.339 e. The van der Waals surface area contributed by atoms with Gasteiger partial charge in [-0.05, 0) is 6.92 Å². The van der Waals surface area contributed by atoms with E-state index in [-0.39, 0.29) is 30.5 Å². The minimum absolute atomic E-state index is 0.0579. The Hall–Kier alpha value is -0.290. The molecule has 1 atom stereocenters. The number of nitrogens with zero attached hydrogens (tertiary/aromatic N) is 1. The molecule has 1 amide bonds. The Bertz CT molecular complexity index is 285. The highest BCUT2D eigenvalue weighted by Gasteiger charge is 2.26. The highest BCUT2D eigenvalue weighted by molar-refractivity contribution is 7.91. The minimum Gasteiger partial charge on any atom is -0.339 e. The maximum absolute atomic E-state index is 11.3. The second-order valence-corrected chi connectivity index (χ2v) is 6.05. The third-order valence-corrected chi connectivity index (χ3v) is 3.79. The maximum atomic E-state index is 11.3. The van der Waals surface area contributed by atoms with Gasteiger partial charge in [0.15, 0.2) is 9.84 Å². The van der Waals surface area contributed by atoms with Crippen molar-refractivity contribution in [3.05, 3.63) is 0 Å². The van der Waals surface area contributed by atoms with E-state index in [4.69, 9.17) is 11.6 Å². The Labute approximate surface area is 82.8 Å². The van der Waals surface area contributed by atoms with Gasteiger partial charge in [-0.25, -0.2) is 8.42 Å². The first kappa shape index (κ1) is 10.8. The van der Waals surface area contributed by atoms with Crippen LogP contribution in [-0.4, -0.2) is 49.2 Å². The first-order valence-electron chi connectivity index (χ1n) is 4.06. The molecule has 1 rings (SSSR count). The Balaban J connectivity index is 2.55. The Morgan fingerprint density at radius 2 is 1.85 bits per heavy atom. The molecular formula is C7H12ClNO3S. The lowest BCUT2D eigenvalue weighted by Gasteiger charge is -2.27. The van der Waals surface area contributed by atoms with Crippen LogP contribution in [0.3, 0.4) is 0 Å². The van der Waals surface area contributed by atoms with Crippen LogP contribution >= 0.6 is 11.6 Å². The molecular weight excluding hydrogens is 214 g/mol. The van der Waals surface area contributed by atoms with Gasteiger partial charge in [0.25, 0.3) is 0 Å². The van der Waals surface area contributed by atoms with Crippen LogP contribution < -0.4 is 0 Å². The lowest BCUT2D eigenvalue weighted by atomic mass is 10.4. The van der Waals surface area contributed by atoms with Gasteiger partial charge in [0.05, 0.1) is 11.5 Å². The molecule has 0 unspecified atom stereocenters. The molecule has 1 fully saturated rings. The topological polar surface area (TPSA) is 54.5 Å². The lowest BCUT2D eigenvalue weighted by Crippen LogP contribution is -2.46. The number of hydrogen-bond acceptors (Lipinski definition) is 3. The molecule has 4 nitrogen and oxygen atoms in total. The summed E-state index contributed by atoms with van der Waals surface area (Å²) < 4.78 is 22.0. The summed E-state index contributed by atoms with van der Waals surface area (Å²) >= 11 is 5.59. The van der Waals surface area contributed by atoms with E-state index in [1.54, 1.807) is 6.92 Å². The van der Waals surface area contributed by atoms with Crippen LogP contribution in [0.1, 0.15) is 6.92 Å². The molecule has 0 bridgehead atoms. The molecule has 1 saturated heterocycles. The van der Waals surface area contributed by atoms with Crippen LogP contribution in [0.2, 0.25) is 0 Å². The summed E-state index contributed by atoms with van der Waals surface area (Å²) in [4.78, 5) is 12.8. The van der Waals surface area contributed by atoms with Crippen molar-refractivity contribution in [3.8, 4) is 0 Å². The smallest absolute Gasteiger partial charge is 0.240 e. The highest BCUT2D eigenvalue weighted by atomic mass is 35.5. The van der Waals surface area contributed by atoms with Crippen LogP contribution in [0.4, 0.5) is 0 Å². The van der Waals surface area contributed by atoms with Crippen molar-refractivity contribution in [2.45, 2.75) is 12.3 Å². The normalized spacial score (nSPS) is 24.0. The van der Waals surface area contributed by atoms with E-state index < -0.39 is 15.2 Å². The van der Waals surface area contributed by atoms with Crippen molar-refractivity contribution in [1.82, 2.24) is 4.90 Å². The van der Waals surface area contributed by atoms with E-state index in [1.807, 2.05) is 0 Å². The van der Waals surface area contributed by atoms with Crippen molar-refractivity contribution >= 4 is 27.3 Å². The second kappa shape index (κ2) is 3.84. The van der Waals surface area contributed by atoms with Crippen LogP contribution in [0.15, 0.2) is 0 Å². The fourth-order valence-corrected chi connectivity index (χ4v) is 2.52. The summed E-state index contributed by atoms with van der Waals surface area (Å²) in [5.41, 5.74) is 0. The quantitative estimate of drug-likeness (QED) is 0.585. The van der Waals surface area contributed by atoms with E-state index in [0.717, 1.165) is 0 Å². The predicted molar refractivity (Wildman–Crippen MR) is 50.5 cm³/mol. The van der Waals surface area contributed by atoms with E-state index in [1.165, 1.54) is 4.90 Å². The van der Waals surface area contributed by atoms with Gasteiger partial charge in [0.1, 0.15) is 5.38 Å².